The van der Waals surface area contributed by atoms with Crippen molar-refractivity contribution in [3.63, 3.8) is 0 Å². The van der Waals surface area contributed by atoms with Gasteiger partial charge < -0.3 is 25.0 Å². The van der Waals surface area contributed by atoms with E-state index in [1.807, 2.05) is 12.1 Å². The number of carbonyl (C=O) groups excluding carboxylic acids is 3. The first-order chi connectivity index (χ1) is 15.0. The fourth-order valence-corrected chi connectivity index (χ4v) is 3.49. The van der Waals surface area contributed by atoms with Crippen molar-refractivity contribution in [3.8, 4) is 11.5 Å². The largest absolute Gasteiger partial charge is 0.497 e. The van der Waals surface area contributed by atoms with Gasteiger partial charge in [-0.3, -0.25) is 14.4 Å². The Kier molecular flexibility index (Phi) is 7.48. The number of amides is 3. The van der Waals surface area contributed by atoms with E-state index in [1.54, 1.807) is 55.5 Å². The van der Waals surface area contributed by atoms with Crippen molar-refractivity contribution < 1.29 is 23.9 Å². The number of anilines is 1. The lowest BCUT2D eigenvalue weighted by atomic mass is 9.95. The van der Waals surface area contributed by atoms with Gasteiger partial charge in [0.25, 0.3) is 5.91 Å². The topological polar surface area (TPSA) is 97.0 Å². The summed E-state index contributed by atoms with van der Waals surface area (Å²) in [6.45, 7) is 0.867. The van der Waals surface area contributed by atoms with Crippen molar-refractivity contribution in [1.82, 2.24) is 10.2 Å². The van der Waals surface area contributed by atoms with Crippen molar-refractivity contribution >= 4 is 23.4 Å². The lowest BCUT2D eigenvalue weighted by Gasteiger charge is -2.31. The number of carbonyl (C=O) groups is 3. The summed E-state index contributed by atoms with van der Waals surface area (Å²) in [6, 6.07) is 13.9. The number of piperidine rings is 1. The minimum atomic E-state index is -0.318. The molecular weight excluding hydrogens is 398 g/mol. The Morgan fingerprint density at radius 1 is 0.968 bits per heavy atom. The third-order valence-corrected chi connectivity index (χ3v) is 5.34. The summed E-state index contributed by atoms with van der Waals surface area (Å²) in [5.74, 6) is 0.529. The molecule has 2 aromatic rings. The molecule has 1 aliphatic rings. The highest BCUT2D eigenvalue weighted by molar-refractivity contribution is 5.97. The summed E-state index contributed by atoms with van der Waals surface area (Å²) < 4.78 is 10.3. The van der Waals surface area contributed by atoms with E-state index in [4.69, 9.17) is 9.47 Å². The highest BCUT2D eigenvalue weighted by Crippen LogP contribution is 2.25. The molecule has 0 radical (unpaired) electrons. The molecular formula is C23H27N3O5. The van der Waals surface area contributed by atoms with Crippen LogP contribution < -0.4 is 20.1 Å². The monoisotopic (exact) mass is 425 g/mol. The zero-order chi connectivity index (χ0) is 22.2. The predicted octanol–water partition coefficient (Wildman–Crippen LogP) is 2.31. The maximum Gasteiger partial charge on any atom is 0.251 e. The first-order valence-corrected chi connectivity index (χ1v) is 10.2. The molecule has 8 heteroatoms. The Bertz CT molecular complexity index is 921. The Labute approximate surface area is 181 Å². The van der Waals surface area contributed by atoms with Gasteiger partial charge in [0.2, 0.25) is 11.8 Å². The minimum Gasteiger partial charge on any atom is -0.497 e. The van der Waals surface area contributed by atoms with Gasteiger partial charge in [-0.05, 0) is 49.2 Å². The molecule has 0 spiro atoms. The molecule has 0 atom stereocenters. The first-order valence-electron chi connectivity index (χ1n) is 10.2. The van der Waals surface area contributed by atoms with Crippen molar-refractivity contribution in [3.05, 3.63) is 54.1 Å². The van der Waals surface area contributed by atoms with Gasteiger partial charge in [-0.2, -0.15) is 0 Å². The molecule has 3 rings (SSSR count). The number of ether oxygens (including phenoxy) is 2. The van der Waals surface area contributed by atoms with Crippen LogP contribution in [-0.2, 0) is 9.59 Å². The van der Waals surface area contributed by atoms with Gasteiger partial charge >= 0.3 is 0 Å². The number of methoxy groups -OCH3 is 2. The summed E-state index contributed by atoms with van der Waals surface area (Å²) in [5.41, 5.74) is 1.09. The van der Waals surface area contributed by atoms with Crippen LogP contribution in [-0.4, -0.2) is 56.5 Å². The number of rotatable bonds is 7. The first kappa shape index (κ1) is 22.1. The highest BCUT2D eigenvalue weighted by atomic mass is 16.5. The van der Waals surface area contributed by atoms with Crippen molar-refractivity contribution in [1.29, 1.82) is 0 Å². The van der Waals surface area contributed by atoms with Crippen LogP contribution in [0.15, 0.2) is 48.5 Å². The van der Waals surface area contributed by atoms with Gasteiger partial charge in [-0.15, -0.1) is 0 Å². The molecule has 0 bridgehead atoms. The number of para-hydroxylation sites is 2. The van der Waals surface area contributed by atoms with Gasteiger partial charge in [0.15, 0.2) is 0 Å². The van der Waals surface area contributed by atoms with E-state index in [-0.39, 0.29) is 30.2 Å². The van der Waals surface area contributed by atoms with Crippen LogP contribution in [0.3, 0.4) is 0 Å². The minimum absolute atomic E-state index is 0.0793. The second-order valence-electron chi connectivity index (χ2n) is 7.26. The summed E-state index contributed by atoms with van der Waals surface area (Å²) >= 11 is 0. The maximum absolute atomic E-state index is 12.6. The standard InChI is InChI=1S/C23H27N3O5/c1-30-18-9-7-16(8-10-18)22(28)24-15-21(27)26-13-11-17(12-14-26)23(29)25-19-5-3-4-6-20(19)31-2/h3-10,17H,11-15H2,1-2H3,(H,24,28)(H,25,29). The van der Waals surface area contributed by atoms with E-state index < -0.39 is 0 Å². The van der Waals surface area contributed by atoms with Crippen LogP contribution >= 0.6 is 0 Å². The second kappa shape index (κ2) is 10.5. The zero-order valence-electron chi connectivity index (χ0n) is 17.7. The summed E-state index contributed by atoms with van der Waals surface area (Å²) in [5, 5.41) is 5.56. The molecule has 8 nitrogen and oxygen atoms in total. The summed E-state index contributed by atoms with van der Waals surface area (Å²) in [7, 11) is 3.11. The SMILES string of the molecule is COc1ccc(C(=O)NCC(=O)N2CCC(C(=O)Nc3ccccc3OC)CC2)cc1. The molecule has 31 heavy (non-hydrogen) atoms. The van der Waals surface area contributed by atoms with Crippen molar-refractivity contribution in [2.45, 2.75) is 12.8 Å². The lowest BCUT2D eigenvalue weighted by Crippen LogP contribution is -2.45. The molecule has 1 aliphatic heterocycles. The summed E-state index contributed by atoms with van der Waals surface area (Å²) in [6.07, 6.45) is 1.14. The summed E-state index contributed by atoms with van der Waals surface area (Å²) in [4.78, 5) is 38.9. The molecule has 164 valence electrons. The molecule has 0 saturated carbocycles. The number of hydrogen-bond donors (Lipinski definition) is 2. The van der Waals surface area contributed by atoms with Crippen LogP contribution in [0.25, 0.3) is 0 Å². The molecule has 3 amide bonds. The Morgan fingerprint density at radius 3 is 2.29 bits per heavy atom. The van der Waals surface area contributed by atoms with Crippen LogP contribution in [0, 0.1) is 5.92 Å². The quantitative estimate of drug-likeness (QED) is 0.710. The third kappa shape index (κ3) is 5.75. The Balaban J connectivity index is 1.44. The Hall–Kier alpha value is -3.55. The van der Waals surface area contributed by atoms with Crippen LogP contribution in [0.4, 0.5) is 5.69 Å². The van der Waals surface area contributed by atoms with E-state index in [1.165, 1.54) is 0 Å². The van der Waals surface area contributed by atoms with E-state index in [2.05, 4.69) is 10.6 Å². The number of nitrogens with one attached hydrogen (secondary N) is 2. The van der Waals surface area contributed by atoms with Gasteiger partial charge in [-0.1, -0.05) is 12.1 Å². The number of likely N-dealkylation sites (tertiary alicyclic amines) is 1. The number of hydrogen-bond acceptors (Lipinski definition) is 5. The average molecular weight is 425 g/mol. The lowest BCUT2D eigenvalue weighted by molar-refractivity contribution is -0.133. The molecule has 1 saturated heterocycles. The normalized spacial score (nSPS) is 13.9. The molecule has 1 heterocycles. The molecule has 2 aromatic carbocycles. The fraction of sp³-hybridized carbons (Fsp3) is 0.348. The van der Waals surface area contributed by atoms with E-state index in [9.17, 15) is 14.4 Å². The van der Waals surface area contributed by atoms with Crippen LogP contribution in [0.1, 0.15) is 23.2 Å². The van der Waals surface area contributed by atoms with E-state index in [0.29, 0.717) is 48.7 Å². The highest BCUT2D eigenvalue weighted by Gasteiger charge is 2.27. The van der Waals surface area contributed by atoms with Crippen LogP contribution in [0.5, 0.6) is 11.5 Å². The van der Waals surface area contributed by atoms with Crippen molar-refractivity contribution in [2.24, 2.45) is 5.92 Å². The molecule has 0 unspecified atom stereocenters. The van der Waals surface area contributed by atoms with Gasteiger partial charge in [0, 0.05) is 24.6 Å². The molecule has 0 aromatic heterocycles. The second-order valence-corrected chi connectivity index (χ2v) is 7.26. The van der Waals surface area contributed by atoms with Gasteiger partial charge in [-0.25, -0.2) is 0 Å². The van der Waals surface area contributed by atoms with Crippen molar-refractivity contribution in [2.75, 3.05) is 39.2 Å². The third-order valence-electron chi connectivity index (χ3n) is 5.34. The zero-order valence-corrected chi connectivity index (χ0v) is 17.7. The molecule has 0 aliphatic carbocycles. The number of benzene rings is 2. The number of nitrogens with zero attached hydrogens (tertiary/aromatic N) is 1. The average Bonchev–Trinajstić information content (AvgIpc) is 2.82. The smallest absolute Gasteiger partial charge is 0.251 e. The molecule has 2 N–H and O–H groups in total. The van der Waals surface area contributed by atoms with Gasteiger partial charge in [0.1, 0.15) is 11.5 Å². The molecule has 1 fully saturated rings. The van der Waals surface area contributed by atoms with E-state index in [0.717, 1.165) is 0 Å². The maximum atomic E-state index is 12.6. The van der Waals surface area contributed by atoms with Crippen LogP contribution in [0.2, 0.25) is 0 Å². The Morgan fingerprint density at radius 2 is 1.65 bits per heavy atom. The van der Waals surface area contributed by atoms with Gasteiger partial charge in [0.05, 0.1) is 26.5 Å². The fourth-order valence-electron chi connectivity index (χ4n) is 3.49. The predicted molar refractivity (Wildman–Crippen MR) is 116 cm³/mol. The van der Waals surface area contributed by atoms with E-state index >= 15 is 0 Å².